The van der Waals surface area contributed by atoms with Crippen LogP contribution in [-0.2, 0) is 24.2 Å². The van der Waals surface area contributed by atoms with E-state index in [1.807, 2.05) is 0 Å². The van der Waals surface area contributed by atoms with Gasteiger partial charge in [0, 0.05) is 23.9 Å². The molecule has 1 aliphatic carbocycles. The zero-order chi connectivity index (χ0) is 27.6. The number of sulfone groups is 1. The fraction of sp³-hybridized carbons (Fsp3) is 0.250. The van der Waals surface area contributed by atoms with Crippen LogP contribution in [0.3, 0.4) is 0 Å². The van der Waals surface area contributed by atoms with E-state index >= 15 is 0 Å². The lowest BCUT2D eigenvalue weighted by atomic mass is 9.91. The molecule has 2 aromatic rings. The third-order valence-electron chi connectivity index (χ3n) is 5.36. The fourth-order valence-electron chi connectivity index (χ4n) is 3.83. The number of carboxylic acid groups (broad SMARTS) is 1. The normalized spacial score (nSPS) is 19.2. The number of alkyl halides is 4. The molecule has 2 N–H and O–H groups in total. The second-order valence-corrected chi connectivity index (χ2v) is 11.2. The number of nitrogens with one attached hydrogen (secondary N) is 1. The molecule has 0 bridgehead atoms. The zero-order valence-electron chi connectivity index (χ0n) is 19.1. The van der Waals surface area contributed by atoms with Gasteiger partial charge in [0.05, 0.1) is 22.3 Å². The van der Waals surface area contributed by atoms with Crippen molar-refractivity contribution in [1.29, 1.82) is 0 Å². The van der Waals surface area contributed by atoms with Crippen molar-refractivity contribution in [2.75, 3.05) is 6.26 Å². The Morgan fingerprint density at radius 2 is 1.73 bits per heavy atom. The average molecular weight is 578 g/mol. The van der Waals surface area contributed by atoms with Gasteiger partial charge < -0.3 is 10.4 Å². The van der Waals surface area contributed by atoms with E-state index < -0.39 is 51.9 Å². The number of aliphatic carboxylic acids is 1. The van der Waals surface area contributed by atoms with Crippen molar-refractivity contribution in [3.8, 4) is 0 Å². The number of allylic oxidation sites excluding steroid dienone is 2. The maximum absolute atomic E-state index is 13.3. The van der Waals surface area contributed by atoms with E-state index in [9.17, 15) is 36.3 Å². The highest BCUT2D eigenvalue weighted by molar-refractivity contribution is 7.90. The Kier molecular flexibility index (Phi) is 8.43. The molecule has 0 aliphatic heterocycles. The van der Waals surface area contributed by atoms with Crippen LogP contribution in [0, 0.1) is 0 Å². The number of rotatable bonds is 8. The smallest absolute Gasteiger partial charge is 0.481 e. The molecule has 2 atom stereocenters. The van der Waals surface area contributed by atoms with Crippen LogP contribution in [0.1, 0.15) is 29.9 Å². The minimum Gasteiger partial charge on any atom is -0.481 e. The van der Waals surface area contributed by atoms with Gasteiger partial charge in [-0.25, -0.2) is 8.42 Å². The summed E-state index contributed by atoms with van der Waals surface area (Å²) in [6, 6.07) is 12.8. The highest BCUT2D eigenvalue weighted by Gasteiger charge is 2.48. The Morgan fingerprint density at radius 3 is 2.24 bits per heavy atom. The van der Waals surface area contributed by atoms with Gasteiger partial charge in [0.2, 0.25) is 5.91 Å². The lowest BCUT2D eigenvalue weighted by molar-refractivity contribution is -0.342. The molecule has 37 heavy (non-hydrogen) atoms. The fourth-order valence-corrected chi connectivity index (χ4v) is 5.34. The topological polar surface area (TPSA) is 110 Å². The number of carboxylic acids is 1. The third-order valence-corrected chi connectivity index (χ3v) is 7.19. The number of hydrogen-bond donors (Lipinski definition) is 2. The lowest BCUT2D eigenvalue weighted by Gasteiger charge is -2.35. The monoisotopic (exact) mass is 577 g/mol. The molecular formula is C24H20Cl2F3NO6S. The molecule has 13 heteroatoms. The van der Waals surface area contributed by atoms with Crippen molar-refractivity contribution in [2.24, 2.45) is 0 Å². The predicted molar refractivity (Wildman–Crippen MR) is 130 cm³/mol. The first kappa shape index (κ1) is 28.7. The number of carbonyl (C=O) groups is 2. The van der Waals surface area contributed by atoms with Crippen LogP contribution in [0.4, 0.5) is 13.2 Å². The second-order valence-electron chi connectivity index (χ2n) is 8.19. The summed E-state index contributed by atoms with van der Waals surface area (Å²) in [5.74, 6) is -3.51. The van der Waals surface area contributed by atoms with E-state index in [4.69, 9.17) is 23.2 Å². The largest absolute Gasteiger partial charge is 0.524 e. The molecule has 198 valence electrons. The average Bonchev–Trinajstić information content (AvgIpc) is 2.75. The molecule has 0 aromatic heterocycles. The highest BCUT2D eigenvalue weighted by atomic mass is 35.5. The van der Waals surface area contributed by atoms with Gasteiger partial charge in [0.1, 0.15) is 0 Å². The first-order valence-corrected chi connectivity index (χ1v) is 13.2. The molecule has 1 amide bonds. The maximum atomic E-state index is 13.3. The van der Waals surface area contributed by atoms with E-state index in [2.05, 4.69) is 10.1 Å². The van der Waals surface area contributed by atoms with Gasteiger partial charge in [-0.05, 0) is 29.3 Å². The standard InChI is InChI=1S/C24H20Cl2F3NO6S/c1-37(34,35)17-9-7-14(8-10-17)18(12-20(31)32)22(33)30-16-11-19(25)21(15-5-3-2-4-6-15)23(26,13-16)36-24(27,28)29/h2-11,18H,12-13H2,1H3,(H,30,33)(H,31,32). The minimum atomic E-state index is -5.15. The number of hydrogen-bond acceptors (Lipinski definition) is 5. The summed E-state index contributed by atoms with van der Waals surface area (Å²) in [6.07, 6.45) is -4.29. The summed E-state index contributed by atoms with van der Waals surface area (Å²) in [4.78, 5) is 24.5. The van der Waals surface area contributed by atoms with Crippen molar-refractivity contribution < 1.29 is 41.0 Å². The van der Waals surface area contributed by atoms with Gasteiger partial charge in [-0.15, -0.1) is 13.2 Å². The van der Waals surface area contributed by atoms with E-state index in [1.54, 1.807) is 18.2 Å². The Hall–Kier alpha value is -2.86. The number of ether oxygens (including phenoxy) is 1. The van der Waals surface area contributed by atoms with E-state index in [-0.39, 0.29) is 32.3 Å². The van der Waals surface area contributed by atoms with Crippen LogP contribution < -0.4 is 5.32 Å². The van der Waals surface area contributed by atoms with E-state index in [0.717, 1.165) is 6.26 Å². The summed E-state index contributed by atoms with van der Waals surface area (Å²) in [5.41, 5.74) is 0.143. The first-order chi connectivity index (χ1) is 17.1. The van der Waals surface area contributed by atoms with Crippen LogP contribution >= 0.6 is 23.2 Å². The summed E-state index contributed by atoms with van der Waals surface area (Å²) in [5, 5.41) is 8.96. The molecule has 2 unspecified atom stereocenters. The highest BCUT2D eigenvalue weighted by Crippen LogP contribution is 2.48. The number of halogens is 5. The van der Waals surface area contributed by atoms with Crippen LogP contribution in [-0.4, -0.2) is 43.1 Å². The molecule has 0 fully saturated rings. The molecule has 0 saturated carbocycles. The maximum Gasteiger partial charge on any atom is 0.524 e. The van der Waals surface area contributed by atoms with Gasteiger partial charge >= 0.3 is 12.3 Å². The van der Waals surface area contributed by atoms with Gasteiger partial charge in [-0.1, -0.05) is 65.7 Å². The number of benzene rings is 2. The van der Waals surface area contributed by atoms with E-state index in [1.165, 1.54) is 42.5 Å². The van der Waals surface area contributed by atoms with Crippen LogP contribution in [0.25, 0.3) is 5.57 Å². The van der Waals surface area contributed by atoms with Crippen molar-refractivity contribution in [2.45, 2.75) is 35.1 Å². The minimum absolute atomic E-state index is 0.0395. The quantitative estimate of drug-likeness (QED) is 0.419. The lowest BCUT2D eigenvalue weighted by Crippen LogP contribution is -2.40. The molecule has 0 radical (unpaired) electrons. The molecule has 3 rings (SSSR count). The zero-order valence-corrected chi connectivity index (χ0v) is 21.4. The Morgan fingerprint density at radius 1 is 1.14 bits per heavy atom. The van der Waals surface area contributed by atoms with Crippen molar-refractivity contribution in [3.63, 3.8) is 0 Å². The number of carbonyl (C=O) groups excluding carboxylic acids is 1. The summed E-state index contributed by atoms with van der Waals surface area (Å²) < 4.78 is 67.6. The van der Waals surface area contributed by atoms with Gasteiger partial charge in [0.15, 0.2) is 14.9 Å². The van der Waals surface area contributed by atoms with Crippen molar-refractivity contribution >= 4 is 50.5 Å². The van der Waals surface area contributed by atoms with Crippen molar-refractivity contribution in [3.05, 3.63) is 82.5 Å². The molecular weight excluding hydrogens is 558 g/mol. The van der Waals surface area contributed by atoms with Gasteiger partial charge in [0.25, 0.3) is 0 Å². The van der Waals surface area contributed by atoms with Gasteiger partial charge in [-0.3, -0.25) is 14.3 Å². The van der Waals surface area contributed by atoms with Crippen molar-refractivity contribution in [1.82, 2.24) is 5.32 Å². The SMILES string of the molecule is CS(=O)(=O)c1ccc(C(CC(=O)O)C(=O)NC2=CC(Cl)=C(c3ccccc3)C(Cl)(OC(F)(F)F)C2)cc1. The predicted octanol–water partition coefficient (Wildman–Crippen LogP) is 5.17. The van der Waals surface area contributed by atoms with Crippen LogP contribution in [0.15, 0.2) is 76.3 Å². The second kappa shape index (κ2) is 10.9. The van der Waals surface area contributed by atoms with E-state index in [0.29, 0.717) is 0 Å². The first-order valence-electron chi connectivity index (χ1n) is 10.5. The molecule has 2 aromatic carbocycles. The van der Waals surface area contributed by atoms with Crippen LogP contribution in [0.5, 0.6) is 0 Å². The molecule has 0 heterocycles. The summed E-state index contributed by atoms with van der Waals surface area (Å²) >= 11 is 12.7. The Labute approximate surface area is 220 Å². The van der Waals surface area contributed by atoms with Crippen LogP contribution in [0.2, 0.25) is 0 Å². The molecule has 7 nitrogen and oxygen atoms in total. The summed E-state index contributed by atoms with van der Waals surface area (Å²) in [7, 11) is -3.54. The molecule has 0 spiro atoms. The third kappa shape index (κ3) is 7.35. The molecule has 1 aliphatic rings. The van der Waals surface area contributed by atoms with Gasteiger partial charge in [-0.2, -0.15) is 0 Å². The number of amides is 1. The Balaban J connectivity index is 1.97. The Bertz CT molecular complexity index is 1360. The summed E-state index contributed by atoms with van der Waals surface area (Å²) in [6.45, 7) is 0. The molecule has 0 saturated heterocycles.